The molecule has 0 heterocycles. The molecular formula is C8H22OPtSi2. The molecule has 0 saturated heterocycles. The fourth-order valence-electron chi connectivity index (χ4n) is 1.24. The van der Waals surface area contributed by atoms with Crippen LogP contribution in [-0.4, -0.2) is 19.5 Å². The van der Waals surface area contributed by atoms with Crippen LogP contribution >= 0.6 is 0 Å². The van der Waals surface area contributed by atoms with E-state index in [1.54, 1.807) is 0 Å². The zero-order valence-electron chi connectivity index (χ0n) is 8.54. The van der Waals surface area contributed by atoms with E-state index >= 15 is 0 Å². The number of rotatable bonds is 7. The average Bonchev–Trinajstić information content (AvgIpc) is 2.05. The molecule has 0 saturated carbocycles. The van der Waals surface area contributed by atoms with Gasteiger partial charge in [0.25, 0.3) is 0 Å². The van der Waals surface area contributed by atoms with Gasteiger partial charge < -0.3 is 4.12 Å². The van der Waals surface area contributed by atoms with Crippen LogP contribution in [-0.2, 0) is 25.2 Å². The summed E-state index contributed by atoms with van der Waals surface area (Å²) in [6.07, 6.45) is 5.45. The van der Waals surface area contributed by atoms with Crippen molar-refractivity contribution in [1.82, 2.24) is 0 Å². The largest absolute Gasteiger partial charge is 0.465 e. The van der Waals surface area contributed by atoms with Crippen LogP contribution in [0.4, 0.5) is 0 Å². The Morgan fingerprint density at radius 3 is 1.75 bits per heavy atom. The second-order valence-electron chi connectivity index (χ2n) is 3.14. The van der Waals surface area contributed by atoms with E-state index in [4.69, 9.17) is 4.12 Å². The zero-order chi connectivity index (χ0) is 8.53. The van der Waals surface area contributed by atoms with E-state index in [1.807, 2.05) is 0 Å². The molecule has 0 radical (unpaired) electrons. The molecule has 0 rings (SSSR count). The predicted molar refractivity (Wildman–Crippen MR) is 57.6 cm³/mol. The van der Waals surface area contributed by atoms with E-state index < -0.39 is 9.04 Å². The third-order valence-electron chi connectivity index (χ3n) is 2.09. The van der Waals surface area contributed by atoms with E-state index in [0.29, 0.717) is 0 Å². The van der Waals surface area contributed by atoms with Crippen molar-refractivity contribution >= 4 is 19.5 Å². The van der Waals surface area contributed by atoms with Crippen molar-refractivity contribution in [3.05, 3.63) is 0 Å². The van der Waals surface area contributed by atoms with Crippen LogP contribution in [0, 0.1) is 0 Å². The fraction of sp³-hybridized carbons (Fsp3) is 1.00. The maximum Gasteiger partial charge on any atom is 0.162 e. The van der Waals surface area contributed by atoms with Gasteiger partial charge in [-0.3, -0.25) is 0 Å². The molecule has 0 spiro atoms. The van der Waals surface area contributed by atoms with E-state index in [2.05, 4.69) is 13.8 Å². The number of hydrogen-bond donors (Lipinski definition) is 0. The zero-order valence-corrected chi connectivity index (χ0v) is 14.0. The first-order valence-electron chi connectivity index (χ1n) is 4.87. The van der Waals surface area contributed by atoms with E-state index in [9.17, 15) is 0 Å². The van der Waals surface area contributed by atoms with Crippen LogP contribution in [0.3, 0.4) is 0 Å². The van der Waals surface area contributed by atoms with Gasteiger partial charge in [0.05, 0.1) is 0 Å². The molecule has 0 fully saturated rings. The molecular weight excluding hydrogens is 363 g/mol. The van der Waals surface area contributed by atoms with Gasteiger partial charge in [-0.05, 0) is 12.1 Å². The standard InChI is InChI=1S/C8H22OSi2.Pt/c1-3-5-7-11(9-10)8-6-4-2;/h11H,3-8H2,1-2,10H3;. The van der Waals surface area contributed by atoms with Gasteiger partial charge >= 0.3 is 0 Å². The maximum absolute atomic E-state index is 5.63. The molecule has 0 aliphatic heterocycles. The Balaban J connectivity index is 0. The van der Waals surface area contributed by atoms with Crippen molar-refractivity contribution in [1.29, 1.82) is 0 Å². The molecule has 0 amide bonds. The van der Waals surface area contributed by atoms with Crippen LogP contribution in [0.15, 0.2) is 0 Å². The minimum Gasteiger partial charge on any atom is -0.465 e. The summed E-state index contributed by atoms with van der Waals surface area (Å²) >= 11 is 0. The summed E-state index contributed by atoms with van der Waals surface area (Å²) in [6.45, 7) is 4.52. The monoisotopic (exact) mass is 385 g/mol. The van der Waals surface area contributed by atoms with Gasteiger partial charge in [-0.15, -0.1) is 0 Å². The number of hydrogen-bond acceptors (Lipinski definition) is 1. The summed E-state index contributed by atoms with van der Waals surface area (Å²) in [6, 6.07) is 2.83. The van der Waals surface area contributed by atoms with Crippen molar-refractivity contribution < 1.29 is 25.2 Å². The van der Waals surface area contributed by atoms with Gasteiger partial charge in [-0.1, -0.05) is 39.5 Å². The summed E-state index contributed by atoms with van der Waals surface area (Å²) in [5, 5.41) is 0. The summed E-state index contributed by atoms with van der Waals surface area (Å²) < 4.78 is 5.63. The second-order valence-corrected chi connectivity index (χ2v) is 7.43. The van der Waals surface area contributed by atoms with Gasteiger partial charge in [-0.25, -0.2) is 0 Å². The summed E-state index contributed by atoms with van der Waals surface area (Å²) in [5.41, 5.74) is 0. The van der Waals surface area contributed by atoms with Crippen LogP contribution < -0.4 is 0 Å². The Hall–Kier alpha value is 1.08. The molecule has 0 N–H and O–H groups in total. The van der Waals surface area contributed by atoms with Gasteiger partial charge in [0.1, 0.15) is 10.5 Å². The average molecular weight is 386 g/mol. The Morgan fingerprint density at radius 1 is 1.08 bits per heavy atom. The summed E-state index contributed by atoms with van der Waals surface area (Å²) in [5.74, 6) is 0. The van der Waals surface area contributed by atoms with Crippen molar-refractivity contribution in [3.8, 4) is 0 Å². The third-order valence-corrected chi connectivity index (χ3v) is 6.86. The molecule has 0 aromatic carbocycles. The van der Waals surface area contributed by atoms with Gasteiger partial charge in [0.15, 0.2) is 9.04 Å². The molecule has 0 aromatic rings. The third kappa shape index (κ3) is 9.17. The van der Waals surface area contributed by atoms with Gasteiger partial charge in [0.2, 0.25) is 0 Å². The van der Waals surface area contributed by atoms with Crippen LogP contribution in [0.25, 0.3) is 0 Å². The Labute approximate surface area is 96.2 Å². The number of unbranched alkanes of at least 4 members (excludes halogenated alkanes) is 2. The van der Waals surface area contributed by atoms with Crippen LogP contribution in [0.5, 0.6) is 0 Å². The van der Waals surface area contributed by atoms with E-state index in [-0.39, 0.29) is 21.1 Å². The smallest absolute Gasteiger partial charge is 0.162 e. The maximum atomic E-state index is 5.63. The fourth-order valence-corrected chi connectivity index (χ4v) is 5.15. The van der Waals surface area contributed by atoms with E-state index in [1.165, 1.54) is 37.8 Å². The molecule has 0 aliphatic rings. The van der Waals surface area contributed by atoms with Crippen LogP contribution in [0.2, 0.25) is 12.1 Å². The first-order valence-corrected chi connectivity index (χ1v) is 7.80. The Morgan fingerprint density at radius 2 is 1.50 bits per heavy atom. The predicted octanol–water partition coefficient (Wildman–Crippen LogP) is 1.60. The van der Waals surface area contributed by atoms with E-state index in [0.717, 1.165) is 10.5 Å². The Bertz CT molecular complexity index is 75.5. The second kappa shape index (κ2) is 12.1. The molecule has 0 bridgehead atoms. The summed E-state index contributed by atoms with van der Waals surface area (Å²) in [4.78, 5) is 0. The molecule has 4 heteroatoms. The minimum atomic E-state index is -0.687. The van der Waals surface area contributed by atoms with Crippen LogP contribution in [0.1, 0.15) is 39.5 Å². The van der Waals surface area contributed by atoms with Crippen molar-refractivity contribution in [2.45, 2.75) is 51.6 Å². The van der Waals surface area contributed by atoms with Gasteiger partial charge in [-0.2, -0.15) is 0 Å². The SMILES string of the molecule is CCCC[SiH](CCCC)O[SiH3].[Pt]. The molecule has 78 valence electrons. The van der Waals surface area contributed by atoms with Crippen molar-refractivity contribution in [2.24, 2.45) is 0 Å². The first kappa shape index (κ1) is 15.5. The normalized spacial score (nSPS) is 10.2. The molecule has 0 aliphatic carbocycles. The first-order chi connectivity index (χ1) is 5.35. The van der Waals surface area contributed by atoms with Crippen molar-refractivity contribution in [2.75, 3.05) is 0 Å². The molecule has 0 atom stereocenters. The quantitative estimate of drug-likeness (QED) is 0.605. The van der Waals surface area contributed by atoms with Gasteiger partial charge in [0, 0.05) is 21.1 Å². The molecule has 0 unspecified atom stereocenters. The summed E-state index contributed by atoms with van der Waals surface area (Å²) in [7, 11) is 0.281. The molecule has 12 heavy (non-hydrogen) atoms. The molecule has 1 nitrogen and oxygen atoms in total. The minimum absolute atomic E-state index is 0. The Kier molecular flexibility index (Phi) is 15.7. The van der Waals surface area contributed by atoms with Crippen molar-refractivity contribution in [3.63, 3.8) is 0 Å². The molecule has 0 aromatic heterocycles. The topological polar surface area (TPSA) is 9.23 Å².